The van der Waals surface area contributed by atoms with Gasteiger partial charge in [0.2, 0.25) is 0 Å². The molecule has 0 spiro atoms. The predicted molar refractivity (Wildman–Crippen MR) is 81.1 cm³/mol. The Morgan fingerprint density at radius 1 is 1.19 bits per heavy atom. The molecule has 0 saturated heterocycles. The van der Waals surface area contributed by atoms with Crippen LogP contribution in [-0.2, 0) is 6.42 Å². The highest BCUT2D eigenvalue weighted by molar-refractivity contribution is 6.30. The number of ether oxygens (including phenoxy) is 1. The molecule has 3 aromatic rings. The van der Waals surface area contributed by atoms with Gasteiger partial charge in [0.15, 0.2) is 16.6 Å². The highest BCUT2D eigenvalue weighted by atomic mass is 35.5. The van der Waals surface area contributed by atoms with Gasteiger partial charge in [-0.2, -0.15) is 9.61 Å². The van der Waals surface area contributed by atoms with E-state index in [1.54, 1.807) is 11.6 Å². The van der Waals surface area contributed by atoms with Gasteiger partial charge in [-0.25, -0.2) is 0 Å². The second kappa shape index (κ2) is 5.33. The second-order valence-corrected chi connectivity index (χ2v) is 5.28. The molecular formula is C15H15ClN4O. The number of aromatic nitrogens is 4. The van der Waals surface area contributed by atoms with Crippen molar-refractivity contribution >= 4 is 17.2 Å². The molecule has 0 radical (unpaired) electrons. The fourth-order valence-electron chi connectivity index (χ4n) is 2.21. The summed E-state index contributed by atoms with van der Waals surface area (Å²) in [5, 5.41) is 13.3. The summed E-state index contributed by atoms with van der Waals surface area (Å²) in [5.74, 6) is 1.57. The molecule has 0 aliphatic heterocycles. The summed E-state index contributed by atoms with van der Waals surface area (Å²) < 4.78 is 6.95. The lowest BCUT2D eigenvalue weighted by Gasteiger charge is -2.06. The summed E-state index contributed by atoms with van der Waals surface area (Å²) in [6, 6.07) is 7.86. The average molecular weight is 303 g/mol. The van der Waals surface area contributed by atoms with Gasteiger partial charge in [-0.05, 0) is 37.1 Å². The van der Waals surface area contributed by atoms with E-state index >= 15 is 0 Å². The summed E-state index contributed by atoms with van der Waals surface area (Å²) in [6.07, 6.45) is 0.615. The summed E-state index contributed by atoms with van der Waals surface area (Å²) in [6.45, 7) is 3.91. The third-order valence-electron chi connectivity index (χ3n) is 3.60. The van der Waals surface area contributed by atoms with Gasteiger partial charge in [0, 0.05) is 12.0 Å². The Balaban J connectivity index is 2.05. The lowest BCUT2D eigenvalue weighted by atomic mass is 10.1. The van der Waals surface area contributed by atoms with Crippen LogP contribution in [0.4, 0.5) is 0 Å². The van der Waals surface area contributed by atoms with Crippen LogP contribution in [0.25, 0.3) is 5.65 Å². The lowest BCUT2D eigenvalue weighted by molar-refractivity contribution is 0.414. The van der Waals surface area contributed by atoms with Crippen molar-refractivity contribution in [2.75, 3.05) is 7.11 Å². The first kappa shape index (κ1) is 13.8. The van der Waals surface area contributed by atoms with E-state index in [0.717, 1.165) is 33.9 Å². The molecule has 0 aliphatic rings. The molecule has 1 aromatic carbocycles. The molecule has 3 rings (SSSR count). The molecule has 0 amide bonds. The number of hydrogen-bond acceptors (Lipinski definition) is 4. The van der Waals surface area contributed by atoms with E-state index in [1.165, 1.54) is 0 Å². The number of benzene rings is 1. The first-order valence-corrected chi connectivity index (χ1v) is 6.98. The minimum absolute atomic E-state index is 0.478. The molecule has 0 atom stereocenters. The Morgan fingerprint density at radius 3 is 2.76 bits per heavy atom. The van der Waals surface area contributed by atoms with Crippen LogP contribution in [0.5, 0.6) is 5.75 Å². The Labute approximate surface area is 127 Å². The molecule has 2 aromatic heterocycles. The zero-order valence-electron chi connectivity index (χ0n) is 12.1. The summed E-state index contributed by atoms with van der Waals surface area (Å²) in [7, 11) is 1.65. The molecule has 21 heavy (non-hydrogen) atoms. The largest absolute Gasteiger partial charge is 0.497 e. The number of halogens is 1. The number of rotatable bonds is 3. The molecule has 2 heterocycles. The first-order chi connectivity index (χ1) is 10.1. The lowest BCUT2D eigenvalue weighted by Crippen LogP contribution is -2.03. The highest BCUT2D eigenvalue weighted by Crippen LogP contribution is 2.21. The van der Waals surface area contributed by atoms with Crippen molar-refractivity contribution in [1.29, 1.82) is 0 Å². The van der Waals surface area contributed by atoms with Gasteiger partial charge in [0.1, 0.15) is 5.75 Å². The molecule has 0 saturated carbocycles. The zero-order chi connectivity index (χ0) is 15.0. The zero-order valence-corrected chi connectivity index (χ0v) is 12.8. The van der Waals surface area contributed by atoms with Crippen LogP contribution in [0.2, 0.25) is 5.15 Å². The normalized spacial score (nSPS) is 11.0. The first-order valence-electron chi connectivity index (χ1n) is 6.60. The van der Waals surface area contributed by atoms with E-state index in [0.29, 0.717) is 11.6 Å². The van der Waals surface area contributed by atoms with E-state index in [4.69, 9.17) is 16.3 Å². The predicted octanol–water partition coefficient (Wildman–Crippen LogP) is 2.99. The molecule has 0 unspecified atom stereocenters. The third-order valence-corrected chi connectivity index (χ3v) is 3.96. The number of fused-ring (bicyclic) bond motifs is 1. The molecule has 0 bridgehead atoms. The maximum Gasteiger partial charge on any atom is 0.181 e. The van der Waals surface area contributed by atoms with Gasteiger partial charge >= 0.3 is 0 Å². The molecule has 0 N–H and O–H groups in total. The fraction of sp³-hybridized carbons (Fsp3) is 0.267. The minimum Gasteiger partial charge on any atom is -0.497 e. The van der Waals surface area contributed by atoms with Gasteiger partial charge < -0.3 is 4.74 Å². The monoisotopic (exact) mass is 302 g/mol. The van der Waals surface area contributed by atoms with Gasteiger partial charge in [0.25, 0.3) is 0 Å². The van der Waals surface area contributed by atoms with E-state index in [1.807, 2.05) is 38.1 Å². The maximum absolute atomic E-state index is 6.16. The minimum atomic E-state index is 0.478. The number of methoxy groups -OCH3 is 1. The average Bonchev–Trinajstić information content (AvgIpc) is 2.88. The van der Waals surface area contributed by atoms with Gasteiger partial charge in [-0.1, -0.05) is 23.7 Å². The maximum atomic E-state index is 6.16. The number of hydrogen-bond donors (Lipinski definition) is 0. The quantitative estimate of drug-likeness (QED) is 0.746. The Bertz CT molecular complexity index is 813. The van der Waals surface area contributed by atoms with Crippen LogP contribution in [0, 0.1) is 13.8 Å². The Hall–Kier alpha value is -2.14. The Morgan fingerprint density at radius 2 is 2.00 bits per heavy atom. The molecule has 108 valence electrons. The van der Waals surface area contributed by atoms with Crippen molar-refractivity contribution in [3.05, 3.63) is 51.9 Å². The van der Waals surface area contributed by atoms with E-state index in [9.17, 15) is 0 Å². The third kappa shape index (κ3) is 2.45. The second-order valence-electron chi connectivity index (χ2n) is 4.92. The summed E-state index contributed by atoms with van der Waals surface area (Å²) in [5.41, 5.74) is 3.76. The highest BCUT2D eigenvalue weighted by Gasteiger charge is 2.14. The molecule has 6 heteroatoms. The van der Waals surface area contributed by atoms with Crippen LogP contribution >= 0.6 is 11.6 Å². The molecule has 5 nitrogen and oxygen atoms in total. The van der Waals surface area contributed by atoms with Crippen LogP contribution in [0.3, 0.4) is 0 Å². The molecular weight excluding hydrogens is 288 g/mol. The van der Waals surface area contributed by atoms with Crippen molar-refractivity contribution in [3.8, 4) is 5.75 Å². The van der Waals surface area contributed by atoms with Gasteiger partial charge in [-0.15, -0.1) is 10.2 Å². The van der Waals surface area contributed by atoms with E-state index < -0.39 is 0 Å². The van der Waals surface area contributed by atoms with Gasteiger partial charge in [-0.3, -0.25) is 0 Å². The van der Waals surface area contributed by atoms with Crippen LogP contribution in [-0.4, -0.2) is 26.9 Å². The summed E-state index contributed by atoms with van der Waals surface area (Å²) >= 11 is 6.16. The van der Waals surface area contributed by atoms with E-state index in [-0.39, 0.29) is 0 Å². The fourth-order valence-corrected chi connectivity index (χ4v) is 2.43. The van der Waals surface area contributed by atoms with Crippen LogP contribution in [0.1, 0.15) is 22.5 Å². The van der Waals surface area contributed by atoms with Crippen molar-refractivity contribution in [2.24, 2.45) is 0 Å². The number of aryl methyl sites for hydroxylation is 1. The SMILES string of the molecule is COc1cccc(Cc2nnc3c(C)c(C)c(Cl)nn23)c1. The van der Waals surface area contributed by atoms with E-state index in [2.05, 4.69) is 15.3 Å². The Kier molecular flexibility index (Phi) is 3.51. The topological polar surface area (TPSA) is 52.3 Å². The standard InChI is InChI=1S/C15H15ClN4O/c1-9-10(2)15-18-17-13(20(15)19-14(9)16)8-11-5-4-6-12(7-11)21-3/h4-7H,8H2,1-3H3. The van der Waals surface area contributed by atoms with Crippen LogP contribution in [0.15, 0.2) is 24.3 Å². The van der Waals surface area contributed by atoms with Crippen molar-refractivity contribution in [2.45, 2.75) is 20.3 Å². The molecule has 0 fully saturated rings. The summed E-state index contributed by atoms with van der Waals surface area (Å²) in [4.78, 5) is 0. The molecule has 0 aliphatic carbocycles. The van der Waals surface area contributed by atoms with Crippen molar-refractivity contribution < 1.29 is 4.74 Å². The van der Waals surface area contributed by atoms with Crippen molar-refractivity contribution in [3.63, 3.8) is 0 Å². The smallest absolute Gasteiger partial charge is 0.181 e. The van der Waals surface area contributed by atoms with Gasteiger partial charge in [0.05, 0.1) is 7.11 Å². The van der Waals surface area contributed by atoms with Crippen LogP contribution < -0.4 is 4.74 Å². The van der Waals surface area contributed by atoms with Crippen molar-refractivity contribution in [1.82, 2.24) is 19.8 Å². The number of nitrogens with zero attached hydrogens (tertiary/aromatic N) is 4.